The van der Waals surface area contributed by atoms with Gasteiger partial charge >= 0.3 is 11.9 Å². The molecular weight excluding hydrogens is 668 g/mol. The van der Waals surface area contributed by atoms with Gasteiger partial charge in [-0.15, -0.1) is 0 Å². The summed E-state index contributed by atoms with van der Waals surface area (Å²) in [4.78, 5) is 52.0. The number of amides is 2. The van der Waals surface area contributed by atoms with Gasteiger partial charge in [0, 0.05) is 30.5 Å². The van der Waals surface area contributed by atoms with Gasteiger partial charge in [-0.3, -0.25) is 14.4 Å². The third kappa shape index (κ3) is 9.94. The van der Waals surface area contributed by atoms with Gasteiger partial charge in [-0.25, -0.2) is 4.79 Å². The molecule has 4 aliphatic rings. The summed E-state index contributed by atoms with van der Waals surface area (Å²) < 4.78 is 28.5. The van der Waals surface area contributed by atoms with Crippen LogP contribution in [0.2, 0.25) is 0 Å². The Kier molecular flexibility index (Phi) is 11.9. The maximum Gasteiger partial charge on any atom is 0.339 e. The maximum absolute atomic E-state index is 13.5. The third-order valence-corrected chi connectivity index (χ3v) is 9.64. The standard InChI is InChI=1S/C40H48N2O10/c1-40(2,3)52-35(44)16-14-29(22-43)42-38(46)27-9-6-7-25(17-27)21-41-37(45)28-19-33-36(49-23-48-33)34(20-28)51-39(47)30-10-5-4-8-26(30)13-11-24-12-15-31-32(18-24)50-31/h4-11,13,17,19,24,29,31-34,36,43H,12,14-16,18,20-23H2,1-3H3,(H,41,45)(H,42,46)/t24?,29-,31?,32?,33+,34+,36+/m0/s1. The number of hydrogen-bond donors (Lipinski definition) is 3. The summed E-state index contributed by atoms with van der Waals surface area (Å²) in [5.41, 5.74) is 1.99. The zero-order valence-electron chi connectivity index (χ0n) is 29.9. The summed E-state index contributed by atoms with van der Waals surface area (Å²) in [6, 6.07) is 13.4. The number of nitrogens with one attached hydrogen (secondary N) is 2. The van der Waals surface area contributed by atoms with Gasteiger partial charge < -0.3 is 39.4 Å². The molecule has 3 fully saturated rings. The first-order chi connectivity index (χ1) is 25.0. The molecule has 2 heterocycles. The molecule has 0 radical (unpaired) electrons. The Morgan fingerprint density at radius 1 is 1.02 bits per heavy atom. The lowest BCUT2D eigenvalue weighted by Crippen LogP contribution is -2.43. The summed E-state index contributed by atoms with van der Waals surface area (Å²) in [6.07, 6.45) is 8.33. The van der Waals surface area contributed by atoms with E-state index >= 15 is 0 Å². The topological polar surface area (TPSA) is 162 Å². The highest BCUT2D eigenvalue weighted by Gasteiger charge is 2.44. The summed E-state index contributed by atoms with van der Waals surface area (Å²) >= 11 is 0. The van der Waals surface area contributed by atoms with Crippen LogP contribution in [0.15, 0.2) is 66.3 Å². The second kappa shape index (κ2) is 16.5. The molecule has 1 saturated carbocycles. The van der Waals surface area contributed by atoms with Gasteiger partial charge in [-0.05, 0) is 87.8 Å². The Morgan fingerprint density at radius 2 is 1.85 bits per heavy atom. The number of carbonyl (C=O) groups is 4. The van der Waals surface area contributed by atoms with Gasteiger partial charge in [0.1, 0.15) is 30.7 Å². The number of epoxide rings is 1. The van der Waals surface area contributed by atoms with Crippen molar-refractivity contribution < 1.29 is 48.0 Å². The maximum atomic E-state index is 13.5. The summed E-state index contributed by atoms with van der Waals surface area (Å²) in [7, 11) is 0. The molecule has 7 atom stereocenters. The lowest BCUT2D eigenvalue weighted by Gasteiger charge is -2.30. The Hall–Kier alpha value is -4.36. The molecular formula is C40H48N2O10. The van der Waals surface area contributed by atoms with Crippen molar-refractivity contribution in [2.24, 2.45) is 5.92 Å². The lowest BCUT2D eigenvalue weighted by molar-refractivity contribution is -0.155. The lowest BCUT2D eigenvalue weighted by atomic mass is 9.88. The molecule has 52 heavy (non-hydrogen) atoms. The SMILES string of the molecule is CC(C)(C)OC(=O)CC[C@@H](CO)NC(=O)c1cccc(CNC(=O)C2=C[C@H]3OCO[C@H]3[C@H](OC(=O)c3ccccc3C=CC3CCC4OC4C3)C2)c1. The summed E-state index contributed by atoms with van der Waals surface area (Å²) in [5, 5.41) is 15.4. The predicted molar refractivity (Wildman–Crippen MR) is 190 cm³/mol. The van der Waals surface area contributed by atoms with Gasteiger partial charge in [-0.1, -0.05) is 42.5 Å². The van der Waals surface area contributed by atoms with Crippen molar-refractivity contribution in [2.75, 3.05) is 13.4 Å². The largest absolute Gasteiger partial charge is 0.460 e. The van der Waals surface area contributed by atoms with Crippen LogP contribution in [0.25, 0.3) is 6.08 Å². The van der Waals surface area contributed by atoms with Crippen molar-refractivity contribution in [1.82, 2.24) is 10.6 Å². The molecule has 12 nitrogen and oxygen atoms in total. The molecule has 0 spiro atoms. The molecule has 12 heteroatoms. The number of rotatable bonds is 13. The van der Waals surface area contributed by atoms with E-state index < -0.39 is 47.8 Å². The summed E-state index contributed by atoms with van der Waals surface area (Å²) in [6.45, 7) is 5.13. The average molecular weight is 717 g/mol. The fourth-order valence-electron chi connectivity index (χ4n) is 6.88. The van der Waals surface area contributed by atoms with Gasteiger partial charge in [-0.2, -0.15) is 0 Å². The molecule has 2 aromatic carbocycles. The van der Waals surface area contributed by atoms with E-state index in [2.05, 4.69) is 16.7 Å². The van der Waals surface area contributed by atoms with Gasteiger partial charge in [0.2, 0.25) is 5.91 Å². The van der Waals surface area contributed by atoms with Crippen LogP contribution in [-0.2, 0) is 39.8 Å². The minimum atomic E-state index is -0.744. The van der Waals surface area contributed by atoms with Crippen LogP contribution in [0.3, 0.4) is 0 Å². The van der Waals surface area contributed by atoms with Crippen LogP contribution in [0, 0.1) is 5.92 Å². The first-order valence-corrected chi connectivity index (χ1v) is 18.0. The van der Waals surface area contributed by atoms with Gasteiger partial charge in [0.25, 0.3) is 5.91 Å². The van der Waals surface area contributed by atoms with Crippen LogP contribution < -0.4 is 10.6 Å². The van der Waals surface area contributed by atoms with Crippen molar-refractivity contribution in [1.29, 1.82) is 0 Å². The molecule has 3 N–H and O–H groups in total. The molecule has 3 unspecified atom stereocenters. The average Bonchev–Trinajstić information content (AvgIpc) is 3.74. The number of allylic oxidation sites excluding steroid dienone is 1. The normalized spacial score (nSPS) is 25.7. The van der Waals surface area contributed by atoms with E-state index in [0.717, 1.165) is 24.8 Å². The number of benzene rings is 2. The smallest absolute Gasteiger partial charge is 0.339 e. The number of aliphatic hydroxyl groups excluding tert-OH is 1. The monoisotopic (exact) mass is 716 g/mol. The van der Waals surface area contributed by atoms with Gasteiger partial charge in [0.15, 0.2) is 0 Å². The Labute approximate surface area is 303 Å². The minimum Gasteiger partial charge on any atom is -0.460 e. The molecule has 2 aliphatic carbocycles. The fourth-order valence-corrected chi connectivity index (χ4v) is 6.88. The van der Waals surface area contributed by atoms with E-state index in [0.29, 0.717) is 40.4 Å². The fraction of sp³-hybridized carbons (Fsp3) is 0.500. The van der Waals surface area contributed by atoms with Crippen LogP contribution in [0.1, 0.15) is 91.1 Å². The number of hydrogen-bond acceptors (Lipinski definition) is 10. The highest BCUT2D eigenvalue weighted by Crippen LogP contribution is 2.40. The second-order valence-corrected chi connectivity index (χ2v) is 14.8. The van der Waals surface area contributed by atoms with E-state index in [1.54, 1.807) is 63.2 Å². The highest BCUT2D eigenvalue weighted by molar-refractivity contribution is 5.96. The minimum absolute atomic E-state index is 0.0219. The molecule has 0 bridgehead atoms. The molecule has 2 saturated heterocycles. The predicted octanol–water partition coefficient (Wildman–Crippen LogP) is 4.39. The van der Waals surface area contributed by atoms with Crippen LogP contribution in [-0.4, -0.2) is 84.4 Å². The number of aliphatic hydroxyl groups is 1. The van der Waals surface area contributed by atoms with E-state index in [4.69, 9.17) is 23.7 Å². The molecule has 0 aromatic heterocycles. The Bertz CT molecular complexity index is 1700. The van der Waals surface area contributed by atoms with E-state index in [9.17, 15) is 24.3 Å². The Balaban J connectivity index is 1.03. The molecule has 2 aromatic rings. The number of carbonyl (C=O) groups excluding carboxylic acids is 4. The summed E-state index contributed by atoms with van der Waals surface area (Å²) in [5.74, 6) is -1.28. The van der Waals surface area contributed by atoms with Crippen LogP contribution in [0.4, 0.5) is 0 Å². The van der Waals surface area contributed by atoms with Crippen LogP contribution in [0.5, 0.6) is 0 Å². The zero-order chi connectivity index (χ0) is 36.8. The number of ether oxygens (including phenoxy) is 5. The quantitative estimate of drug-likeness (QED) is 0.200. The van der Waals surface area contributed by atoms with Crippen LogP contribution >= 0.6 is 0 Å². The molecule has 2 amide bonds. The second-order valence-electron chi connectivity index (χ2n) is 14.8. The highest BCUT2D eigenvalue weighted by atomic mass is 16.7. The van der Waals surface area contributed by atoms with Crippen molar-refractivity contribution in [3.8, 4) is 0 Å². The Morgan fingerprint density at radius 3 is 2.63 bits per heavy atom. The van der Waals surface area contributed by atoms with Crippen molar-refractivity contribution in [3.05, 3.63) is 88.5 Å². The van der Waals surface area contributed by atoms with Crippen molar-refractivity contribution in [2.45, 2.75) is 108 Å². The van der Waals surface area contributed by atoms with Gasteiger partial charge in [0.05, 0.1) is 30.4 Å². The first kappa shape index (κ1) is 37.4. The molecule has 2 aliphatic heterocycles. The molecule has 278 valence electrons. The van der Waals surface area contributed by atoms with Crippen molar-refractivity contribution in [3.63, 3.8) is 0 Å². The first-order valence-electron chi connectivity index (χ1n) is 18.0. The zero-order valence-corrected chi connectivity index (χ0v) is 29.9. The van der Waals surface area contributed by atoms with E-state index in [1.165, 1.54) is 0 Å². The number of esters is 2. The molecule has 6 rings (SSSR count). The van der Waals surface area contributed by atoms with E-state index in [1.807, 2.05) is 18.2 Å². The third-order valence-electron chi connectivity index (χ3n) is 9.64. The number of fused-ring (bicyclic) bond motifs is 2. The van der Waals surface area contributed by atoms with E-state index in [-0.39, 0.29) is 45.1 Å². The van der Waals surface area contributed by atoms with Crippen molar-refractivity contribution >= 4 is 29.8 Å².